The zero-order valence-corrected chi connectivity index (χ0v) is 18.3. The van der Waals surface area contributed by atoms with E-state index in [-0.39, 0.29) is 18.3 Å². The van der Waals surface area contributed by atoms with Crippen molar-refractivity contribution >= 4 is 29.2 Å². The van der Waals surface area contributed by atoms with Crippen LogP contribution in [0.25, 0.3) is 10.9 Å². The van der Waals surface area contributed by atoms with Crippen LogP contribution in [0.4, 0.5) is 0 Å². The van der Waals surface area contributed by atoms with Crippen LogP contribution >= 0.6 is 12.4 Å². The number of H-pyrrole nitrogens is 1. The fourth-order valence-electron chi connectivity index (χ4n) is 5.41. The van der Waals surface area contributed by atoms with E-state index in [0.29, 0.717) is 18.1 Å². The summed E-state index contributed by atoms with van der Waals surface area (Å²) in [6, 6.07) is 19.8. The molecule has 3 aromatic rings. The molecule has 1 N–H and O–H groups in total. The van der Waals surface area contributed by atoms with Gasteiger partial charge in [-0.05, 0) is 62.9 Å². The molecular formula is C25H30ClN3O. The van der Waals surface area contributed by atoms with Crippen molar-refractivity contribution in [2.45, 2.75) is 50.2 Å². The summed E-state index contributed by atoms with van der Waals surface area (Å²) in [4.78, 5) is 21.6. The molecule has 1 amide bonds. The molecule has 2 aliphatic heterocycles. The van der Waals surface area contributed by atoms with Crippen LogP contribution in [0, 0.1) is 0 Å². The van der Waals surface area contributed by atoms with E-state index >= 15 is 0 Å². The first-order valence-electron chi connectivity index (χ1n) is 10.8. The van der Waals surface area contributed by atoms with E-state index < -0.39 is 0 Å². The minimum Gasteiger partial charge on any atom is -0.361 e. The normalized spacial score (nSPS) is 23.3. The van der Waals surface area contributed by atoms with Gasteiger partial charge in [0.2, 0.25) is 0 Å². The van der Waals surface area contributed by atoms with E-state index in [2.05, 4.69) is 52.3 Å². The number of fused-ring (bicyclic) bond motifs is 3. The lowest BCUT2D eigenvalue weighted by Crippen LogP contribution is -2.51. The second kappa shape index (κ2) is 8.83. The third-order valence-corrected chi connectivity index (χ3v) is 7.09. The monoisotopic (exact) mass is 423 g/mol. The Morgan fingerprint density at radius 1 is 1.03 bits per heavy atom. The molecule has 2 bridgehead atoms. The third kappa shape index (κ3) is 3.86. The molecule has 4 nitrogen and oxygen atoms in total. The topological polar surface area (TPSA) is 39.3 Å². The van der Waals surface area contributed by atoms with E-state index in [1.54, 1.807) is 0 Å². The van der Waals surface area contributed by atoms with Crippen LogP contribution in [0.2, 0.25) is 0 Å². The number of nitrogens with zero attached hydrogens (tertiary/aromatic N) is 2. The fraction of sp³-hybridized carbons (Fsp3) is 0.400. The molecule has 5 heteroatoms. The summed E-state index contributed by atoms with van der Waals surface area (Å²) < 4.78 is 0. The molecule has 2 saturated heterocycles. The van der Waals surface area contributed by atoms with Gasteiger partial charge in [-0.1, -0.05) is 36.4 Å². The minimum absolute atomic E-state index is 0. The van der Waals surface area contributed by atoms with Crippen LogP contribution in [0.1, 0.15) is 41.6 Å². The molecule has 2 fully saturated rings. The average Bonchev–Trinajstić information content (AvgIpc) is 3.24. The Balaban J connectivity index is 0.00000218. The van der Waals surface area contributed by atoms with Gasteiger partial charge < -0.3 is 14.8 Å². The second-order valence-electron chi connectivity index (χ2n) is 8.65. The van der Waals surface area contributed by atoms with Gasteiger partial charge in [0.05, 0.1) is 0 Å². The van der Waals surface area contributed by atoms with Gasteiger partial charge in [0.1, 0.15) is 0 Å². The average molecular weight is 424 g/mol. The Labute approximate surface area is 184 Å². The number of aromatic nitrogens is 1. The van der Waals surface area contributed by atoms with Gasteiger partial charge in [-0.3, -0.25) is 4.79 Å². The predicted molar refractivity (Wildman–Crippen MR) is 124 cm³/mol. The van der Waals surface area contributed by atoms with Crippen LogP contribution in [0.3, 0.4) is 0 Å². The van der Waals surface area contributed by atoms with Crippen molar-refractivity contribution in [3.8, 4) is 0 Å². The van der Waals surface area contributed by atoms with Gasteiger partial charge in [0.25, 0.3) is 5.91 Å². The molecule has 0 spiro atoms. The van der Waals surface area contributed by atoms with Crippen LogP contribution < -0.4 is 0 Å². The minimum atomic E-state index is 0. The summed E-state index contributed by atoms with van der Waals surface area (Å²) in [6.07, 6.45) is 7.72. The number of carbonyl (C=O) groups excluding carboxylic acids is 1. The Morgan fingerprint density at radius 2 is 1.70 bits per heavy atom. The summed E-state index contributed by atoms with van der Waals surface area (Å²) in [7, 11) is 2.26. The molecule has 3 heterocycles. The molecule has 5 rings (SSSR count). The highest BCUT2D eigenvalue weighted by Gasteiger charge is 2.41. The molecule has 0 aliphatic carbocycles. The number of amides is 1. The van der Waals surface area contributed by atoms with Crippen molar-refractivity contribution < 1.29 is 4.79 Å². The van der Waals surface area contributed by atoms with E-state index in [1.165, 1.54) is 29.3 Å². The molecule has 0 saturated carbocycles. The maximum Gasteiger partial charge on any atom is 0.254 e. The van der Waals surface area contributed by atoms with Crippen LogP contribution in [0.15, 0.2) is 60.8 Å². The van der Waals surface area contributed by atoms with Crippen molar-refractivity contribution in [3.05, 3.63) is 71.9 Å². The molecule has 2 unspecified atom stereocenters. The predicted octanol–water partition coefficient (Wildman–Crippen LogP) is 4.90. The third-order valence-electron chi connectivity index (χ3n) is 7.09. The largest absolute Gasteiger partial charge is 0.361 e. The number of carbonyl (C=O) groups is 1. The smallest absolute Gasteiger partial charge is 0.254 e. The molecule has 2 aromatic carbocycles. The zero-order chi connectivity index (χ0) is 19.8. The lowest BCUT2D eigenvalue weighted by molar-refractivity contribution is 0.0488. The summed E-state index contributed by atoms with van der Waals surface area (Å²) in [6.45, 7) is 0.767. The number of hydrogen-bond acceptors (Lipinski definition) is 2. The van der Waals surface area contributed by atoms with Crippen LogP contribution in [-0.2, 0) is 6.42 Å². The number of hydrogen-bond donors (Lipinski definition) is 1. The summed E-state index contributed by atoms with van der Waals surface area (Å²) in [5, 5.41) is 1.27. The van der Waals surface area contributed by atoms with Gasteiger partial charge >= 0.3 is 0 Å². The van der Waals surface area contributed by atoms with Crippen molar-refractivity contribution in [3.63, 3.8) is 0 Å². The summed E-state index contributed by atoms with van der Waals surface area (Å²) in [5.41, 5.74) is 3.26. The van der Waals surface area contributed by atoms with Crippen molar-refractivity contribution in [1.82, 2.24) is 14.8 Å². The maximum atomic E-state index is 13.5. The number of benzene rings is 2. The number of halogens is 1. The van der Waals surface area contributed by atoms with Gasteiger partial charge in [-0.25, -0.2) is 0 Å². The van der Waals surface area contributed by atoms with E-state index in [4.69, 9.17) is 0 Å². The van der Waals surface area contributed by atoms with Gasteiger partial charge in [0.15, 0.2) is 0 Å². The van der Waals surface area contributed by atoms with E-state index in [1.807, 2.05) is 30.3 Å². The number of aromatic amines is 1. The first-order valence-corrected chi connectivity index (χ1v) is 10.8. The molecule has 2 atom stereocenters. The van der Waals surface area contributed by atoms with Gasteiger partial charge in [0, 0.05) is 47.3 Å². The van der Waals surface area contributed by atoms with Crippen LogP contribution in [-0.4, -0.2) is 52.4 Å². The van der Waals surface area contributed by atoms with E-state index in [0.717, 1.165) is 31.4 Å². The van der Waals surface area contributed by atoms with Crippen molar-refractivity contribution in [1.29, 1.82) is 0 Å². The Kier molecular flexibility index (Phi) is 6.16. The summed E-state index contributed by atoms with van der Waals surface area (Å²) >= 11 is 0. The van der Waals surface area contributed by atoms with Crippen molar-refractivity contribution in [2.24, 2.45) is 0 Å². The molecule has 1 aromatic heterocycles. The number of para-hydroxylation sites is 1. The quantitative estimate of drug-likeness (QED) is 0.633. The Bertz CT molecular complexity index is 988. The Hall–Kier alpha value is -2.30. The highest BCUT2D eigenvalue weighted by Crippen LogP contribution is 2.37. The number of rotatable bonds is 5. The Morgan fingerprint density at radius 3 is 2.43 bits per heavy atom. The van der Waals surface area contributed by atoms with Gasteiger partial charge in [-0.2, -0.15) is 0 Å². The van der Waals surface area contributed by atoms with Gasteiger partial charge in [-0.15, -0.1) is 12.4 Å². The van der Waals surface area contributed by atoms with Crippen LogP contribution in [0.5, 0.6) is 0 Å². The second-order valence-corrected chi connectivity index (χ2v) is 8.65. The standard InChI is InChI=1S/C25H29N3O.ClH/c1-27-20-11-12-21(27)16-22(15-20)28(25(29)18-7-3-2-4-8-18)14-13-19-17-26-24-10-6-5-9-23(19)24;/h2-10,17,20-22,26H,11-16H2,1H3;1H. The SMILES string of the molecule is CN1C2CCC1CC(N(CCc1c[nH]c3ccccc13)C(=O)c1ccccc1)C2.Cl. The summed E-state index contributed by atoms with van der Waals surface area (Å²) in [5.74, 6) is 0.180. The van der Waals surface area contributed by atoms with Crippen molar-refractivity contribution in [2.75, 3.05) is 13.6 Å². The molecule has 2 aliphatic rings. The molecular weight excluding hydrogens is 394 g/mol. The highest BCUT2D eigenvalue weighted by atomic mass is 35.5. The van der Waals surface area contributed by atoms with E-state index in [9.17, 15) is 4.79 Å². The maximum absolute atomic E-state index is 13.5. The first-order chi connectivity index (χ1) is 14.2. The lowest BCUT2D eigenvalue weighted by atomic mass is 9.95. The number of piperidine rings is 1. The molecule has 0 radical (unpaired) electrons. The lowest BCUT2D eigenvalue weighted by Gasteiger charge is -2.42. The molecule has 158 valence electrons. The number of nitrogens with one attached hydrogen (secondary N) is 1. The molecule has 30 heavy (non-hydrogen) atoms. The first kappa shape index (κ1) is 21.0. The fourth-order valence-corrected chi connectivity index (χ4v) is 5.41. The zero-order valence-electron chi connectivity index (χ0n) is 17.5. The highest BCUT2D eigenvalue weighted by molar-refractivity contribution is 5.94.